The maximum atomic E-state index is 12.6. The lowest BCUT2D eigenvalue weighted by molar-refractivity contribution is 0.0777. The standard InChI is InChI=1S/C26H35N5O/c1-19-5-6-25-24(16-19)28-26(32)31(25)23-9-14-30(15-10-23)22-7-12-29(13-8-22)18-20(2)21-4-3-11-27-17-21/h3-6,11,16-17,20,22-23H,7-10,12-15,18H2,1-2H3,(H,28,32). The van der Waals surface area contributed by atoms with E-state index in [0.717, 1.165) is 43.5 Å². The molecule has 6 heteroatoms. The number of imidazole rings is 1. The lowest BCUT2D eigenvalue weighted by atomic mass is 9.96. The first-order chi connectivity index (χ1) is 15.6. The van der Waals surface area contributed by atoms with Crippen molar-refractivity contribution in [3.05, 3.63) is 64.3 Å². The van der Waals surface area contributed by atoms with Crippen LogP contribution in [0, 0.1) is 6.92 Å². The molecule has 1 N–H and O–H groups in total. The molecule has 0 saturated carbocycles. The van der Waals surface area contributed by atoms with Crippen LogP contribution in [0.5, 0.6) is 0 Å². The second-order valence-corrected chi connectivity index (χ2v) is 9.81. The minimum absolute atomic E-state index is 0.0418. The molecule has 170 valence electrons. The summed E-state index contributed by atoms with van der Waals surface area (Å²) < 4.78 is 2.01. The summed E-state index contributed by atoms with van der Waals surface area (Å²) in [4.78, 5) is 25.3. The number of nitrogens with one attached hydrogen (secondary N) is 1. The molecule has 0 radical (unpaired) electrons. The predicted octanol–water partition coefficient (Wildman–Crippen LogP) is 3.94. The molecule has 1 aromatic carbocycles. The van der Waals surface area contributed by atoms with E-state index in [1.165, 1.54) is 37.1 Å². The van der Waals surface area contributed by atoms with Crippen LogP contribution in [-0.4, -0.2) is 63.1 Å². The number of piperidine rings is 2. The number of aromatic nitrogens is 3. The van der Waals surface area contributed by atoms with Crippen molar-refractivity contribution < 1.29 is 0 Å². The third-order valence-corrected chi connectivity index (χ3v) is 7.60. The second-order valence-electron chi connectivity index (χ2n) is 9.81. The third-order valence-electron chi connectivity index (χ3n) is 7.60. The van der Waals surface area contributed by atoms with Crippen LogP contribution in [0.1, 0.15) is 55.7 Å². The Bertz CT molecular complexity index is 1090. The molecule has 0 bridgehead atoms. The Hall–Kier alpha value is -2.44. The summed E-state index contributed by atoms with van der Waals surface area (Å²) in [7, 11) is 0. The molecule has 5 rings (SSSR count). The summed E-state index contributed by atoms with van der Waals surface area (Å²) in [5.74, 6) is 0.522. The van der Waals surface area contributed by atoms with Crippen molar-refractivity contribution in [3.63, 3.8) is 0 Å². The van der Waals surface area contributed by atoms with Gasteiger partial charge in [-0.25, -0.2) is 4.79 Å². The molecule has 6 nitrogen and oxygen atoms in total. The molecule has 4 heterocycles. The van der Waals surface area contributed by atoms with Crippen molar-refractivity contribution in [3.8, 4) is 0 Å². The Morgan fingerprint density at radius 3 is 2.53 bits per heavy atom. The van der Waals surface area contributed by atoms with Gasteiger partial charge in [0.25, 0.3) is 0 Å². The molecular weight excluding hydrogens is 398 g/mol. The number of hydrogen-bond donors (Lipinski definition) is 1. The first kappa shape index (κ1) is 21.4. The van der Waals surface area contributed by atoms with Crippen LogP contribution in [0.3, 0.4) is 0 Å². The van der Waals surface area contributed by atoms with Crippen molar-refractivity contribution >= 4 is 11.0 Å². The van der Waals surface area contributed by atoms with Gasteiger partial charge in [0, 0.05) is 44.1 Å². The normalized spacial score (nSPS) is 20.7. The van der Waals surface area contributed by atoms with Crippen molar-refractivity contribution in [1.29, 1.82) is 0 Å². The number of nitrogens with zero attached hydrogens (tertiary/aromatic N) is 4. The molecule has 1 unspecified atom stereocenters. The van der Waals surface area contributed by atoms with Gasteiger partial charge in [0.2, 0.25) is 0 Å². The summed E-state index contributed by atoms with van der Waals surface area (Å²) in [6, 6.07) is 11.5. The number of pyridine rings is 1. The fraction of sp³-hybridized carbons (Fsp3) is 0.538. The summed E-state index contributed by atoms with van der Waals surface area (Å²) in [5, 5.41) is 0. The monoisotopic (exact) mass is 433 g/mol. The van der Waals surface area contributed by atoms with Crippen LogP contribution in [0.2, 0.25) is 0 Å². The molecule has 32 heavy (non-hydrogen) atoms. The third kappa shape index (κ3) is 4.39. The van der Waals surface area contributed by atoms with Crippen molar-refractivity contribution in [2.24, 2.45) is 0 Å². The van der Waals surface area contributed by atoms with Gasteiger partial charge in [-0.1, -0.05) is 19.1 Å². The summed E-state index contributed by atoms with van der Waals surface area (Å²) in [6.07, 6.45) is 8.45. The maximum Gasteiger partial charge on any atom is 0.326 e. The highest BCUT2D eigenvalue weighted by Gasteiger charge is 2.30. The highest BCUT2D eigenvalue weighted by molar-refractivity contribution is 5.76. The van der Waals surface area contributed by atoms with E-state index in [4.69, 9.17) is 0 Å². The predicted molar refractivity (Wildman–Crippen MR) is 129 cm³/mol. The molecule has 2 fully saturated rings. The minimum Gasteiger partial charge on any atom is -0.306 e. The Morgan fingerprint density at radius 1 is 1.06 bits per heavy atom. The number of aryl methyl sites for hydroxylation is 1. The highest BCUT2D eigenvalue weighted by Crippen LogP contribution is 2.29. The second kappa shape index (κ2) is 9.20. The molecular formula is C26H35N5O. The van der Waals surface area contributed by atoms with E-state index in [1.807, 2.05) is 23.0 Å². The van der Waals surface area contributed by atoms with Crippen LogP contribution < -0.4 is 5.69 Å². The first-order valence-corrected chi connectivity index (χ1v) is 12.2. The quantitative estimate of drug-likeness (QED) is 0.662. The molecule has 2 aliphatic heterocycles. The van der Waals surface area contributed by atoms with Gasteiger partial charge < -0.3 is 14.8 Å². The maximum absolute atomic E-state index is 12.6. The number of fused-ring (bicyclic) bond motifs is 1. The zero-order chi connectivity index (χ0) is 22.1. The molecule has 1 atom stereocenters. The molecule has 2 saturated heterocycles. The Kier molecular flexibility index (Phi) is 6.15. The van der Waals surface area contributed by atoms with E-state index in [9.17, 15) is 4.79 Å². The number of likely N-dealkylation sites (tertiary alicyclic amines) is 2. The largest absolute Gasteiger partial charge is 0.326 e. The summed E-state index contributed by atoms with van der Waals surface area (Å²) >= 11 is 0. The van der Waals surface area contributed by atoms with Crippen molar-refractivity contribution in [1.82, 2.24) is 24.3 Å². The van der Waals surface area contributed by atoms with Gasteiger partial charge in [-0.3, -0.25) is 9.55 Å². The fourth-order valence-electron chi connectivity index (χ4n) is 5.74. The van der Waals surface area contributed by atoms with Gasteiger partial charge in [-0.2, -0.15) is 0 Å². The number of benzene rings is 1. The van der Waals surface area contributed by atoms with Gasteiger partial charge in [-0.15, -0.1) is 0 Å². The Morgan fingerprint density at radius 2 is 1.81 bits per heavy atom. The summed E-state index contributed by atoms with van der Waals surface area (Å²) in [5.41, 5.74) is 4.57. The molecule has 3 aromatic rings. The van der Waals surface area contributed by atoms with Crippen LogP contribution in [0.25, 0.3) is 11.0 Å². The van der Waals surface area contributed by atoms with E-state index in [0.29, 0.717) is 18.0 Å². The van der Waals surface area contributed by atoms with Crippen LogP contribution in [0.15, 0.2) is 47.5 Å². The lowest BCUT2D eigenvalue weighted by Crippen LogP contribution is -2.48. The zero-order valence-electron chi connectivity index (χ0n) is 19.3. The van der Waals surface area contributed by atoms with Gasteiger partial charge in [0.05, 0.1) is 11.0 Å². The number of aromatic amines is 1. The highest BCUT2D eigenvalue weighted by atomic mass is 16.1. The zero-order valence-corrected chi connectivity index (χ0v) is 19.3. The van der Waals surface area contributed by atoms with Gasteiger partial charge in [-0.05, 0) is 80.9 Å². The van der Waals surface area contributed by atoms with E-state index < -0.39 is 0 Å². The van der Waals surface area contributed by atoms with Crippen LogP contribution in [0.4, 0.5) is 0 Å². The first-order valence-electron chi connectivity index (χ1n) is 12.2. The average molecular weight is 434 g/mol. The van der Waals surface area contributed by atoms with Crippen molar-refractivity contribution in [2.45, 2.75) is 57.5 Å². The van der Waals surface area contributed by atoms with E-state index in [2.05, 4.69) is 57.9 Å². The lowest BCUT2D eigenvalue weighted by Gasteiger charge is -2.42. The topological polar surface area (TPSA) is 57.2 Å². The SMILES string of the molecule is Cc1ccc2c(c1)[nH]c(=O)n2C1CCN(C2CCN(CC(C)c3cccnc3)CC2)CC1. The number of hydrogen-bond acceptors (Lipinski definition) is 4. The molecule has 0 amide bonds. The Labute approximate surface area is 190 Å². The van der Waals surface area contributed by atoms with E-state index >= 15 is 0 Å². The summed E-state index contributed by atoms with van der Waals surface area (Å²) in [6.45, 7) is 10.0. The smallest absolute Gasteiger partial charge is 0.306 e. The fourth-order valence-corrected chi connectivity index (χ4v) is 5.74. The molecule has 2 aromatic heterocycles. The Balaban J connectivity index is 1.14. The van der Waals surface area contributed by atoms with Gasteiger partial charge in [0.15, 0.2) is 0 Å². The molecule has 0 aliphatic carbocycles. The number of H-pyrrole nitrogens is 1. The van der Waals surface area contributed by atoms with Crippen LogP contribution in [-0.2, 0) is 0 Å². The van der Waals surface area contributed by atoms with Gasteiger partial charge in [0.1, 0.15) is 0 Å². The minimum atomic E-state index is 0.0418. The molecule has 2 aliphatic rings. The van der Waals surface area contributed by atoms with E-state index in [-0.39, 0.29) is 5.69 Å². The van der Waals surface area contributed by atoms with Crippen LogP contribution >= 0.6 is 0 Å². The van der Waals surface area contributed by atoms with Gasteiger partial charge >= 0.3 is 5.69 Å². The number of rotatable bonds is 5. The molecule has 0 spiro atoms. The van der Waals surface area contributed by atoms with E-state index in [1.54, 1.807) is 0 Å². The van der Waals surface area contributed by atoms with Crippen molar-refractivity contribution in [2.75, 3.05) is 32.7 Å². The average Bonchev–Trinajstić information content (AvgIpc) is 3.15.